The van der Waals surface area contributed by atoms with Crippen molar-refractivity contribution >= 4 is 23.2 Å². The number of carbonyl (C=O) groups is 1. The Morgan fingerprint density at radius 3 is 2.76 bits per heavy atom. The average Bonchev–Trinajstić information content (AvgIpc) is 2.42. The Hall–Kier alpha value is -1.22. The van der Waals surface area contributed by atoms with E-state index >= 15 is 0 Å². The smallest absolute Gasteiger partial charge is 0.256 e. The number of fused-ring (bicyclic) bond motifs is 1. The molecule has 2 aliphatic rings. The van der Waals surface area contributed by atoms with Gasteiger partial charge in [-0.2, -0.15) is 0 Å². The molecule has 1 aromatic rings. The second-order valence-corrected chi connectivity index (χ2v) is 7.60. The molecule has 1 aromatic carbocycles. The Balaban J connectivity index is 1.86. The number of hydrogen-bond acceptors (Lipinski definition) is 2. The van der Waals surface area contributed by atoms with Crippen LogP contribution >= 0.6 is 11.6 Å². The molecule has 1 N–H and O–H groups in total. The highest BCUT2D eigenvalue weighted by atomic mass is 35.5. The molecule has 0 saturated heterocycles. The zero-order valence-corrected chi connectivity index (χ0v) is 13.8. The molecule has 114 valence electrons. The van der Waals surface area contributed by atoms with E-state index in [9.17, 15) is 4.79 Å². The van der Waals surface area contributed by atoms with Gasteiger partial charge in [0.2, 0.25) is 0 Å². The molecule has 3 nitrogen and oxygen atoms in total. The first-order valence-electron chi connectivity index (χ1n) is 7.71. The van der Waals surface area contributed by atoms with Gasteiger partial charge in [-0.25, -0.2) is 0 Å². The van der Waals surface area contributed by atoms with Gasteiger partial charge >= 0.3 is 0 Å². The number of aryl methyl sites for hydroxylation is 1. The van der Waals surface area contributed by atoms with E-state index in [1.807, 2.05) is 18.0 Å². The molecule has 1 amide bonds. The van der Waals surface area contributed by atoms with Crippen LogP contribution in [0.15, 0.2) is 12.1 Å². The largest absolute Gasteiger partial charge is 0.384 e. The number of hydrogen-bond donors (Lipinski definition) is 1. The van der Waals surface area contributed by atoms with Crippen molar-refractivity contribution in [3.63, 3.8) is 0 Å². The monoisotopic (exact) mass is 306 g/mol. The minimum Gasteiger partial charge on any atom is -0.384 e. The molecule has 4 heteroatoms. The maximum atomic E-state index is 12.8. The van der Waals surface area contributed by atoms with Crippen LogP contribution < -0.4 is 5.32 Å². The normalized spacial score (nSPS) is 20.2. The standard InChI is InChI=1S/C17H23ClN2O/c1-17(2)9-13(10-17)20(3)16(21)14-8-12(18)7-11-5-4-6-19-15(11)14/h7-8,13,19H,4-6,9-10H2,1-3H3. The highest BCUT2D eigenvalue weighted by Gasteiger charge is 2.40. The number of benzene rings is 1. The molecule has 21 heavy (non-hydrogen) atoms. The molecule has 0 spiro atoms. The summed E-state index contributed by atoms with van der Waals surface area (Å²) in [7, 11) is 1.92. The van der Waals surface area contributed by atoms with E-state index in [0.717, 1.165) is 43.5 Å². The third kappa shape index (κ3) is 2.76. The molecular weight excluding hydrogens is 284 g/mol. The average molecular weight is 307 g/mol. The lowest BCUT2D eigenvalue weighted by Crippen LogP contribution is -2.49. The van der Waals surface area contributed by atoms with Crippen molar-refractivity contribution in [1.82, 2.24) is 4.90 Å². The van der Waals surface area contributed by atoms with Crippen LogP contribution in [0.25, 0.3) is 0 Å². The predicted octanol–water partition coefficient (Wildman–Crippen LogP) is 3.96. The molecular formula is C17H23ClN2O. The molecule has 1 aliphatic carbocycles. The lowest BCUT2D eigenvalue weighted by molar-refractivity contribution is 0.0323. The number of nitrogens with zero attached hydrogens (tertiary/aromatic N) is 1. The Morgan fingerprint density at radius 1 is 1.38 bits per heavy atom. The molecule has 0 radical (unpaired) electrons. The van der Waals surface area contributed by atoms with E-state index in [1.165, 1.54) is 5.56 Å². The van der Waals surface area contributed by atoms with E-state index in [2.05, 4.69) is 19.2 Å². The van der Waals surface area contributed by atoms with Crippen molar-refractivity contribution in [1.29, 1.82) is 0 Å². The second-order valence-electron chi connectivity index (χ2n) is 7.16. The molecule has 0 aromatic heterocycles. The Bertz CT molecular complexity index is 574. The van der Waals surface area contributed by atoms with Crippen molar-refractivity contribution in [2.75, 3.05) is 18.9 Å². The summed E-state index contributed by atoms with van der Waals surface area (Å²) in [6.07, 6.45) is 4.23. The SMILES string of the molecule is CN(C(=O)c1cc(Cl)cc2c1NCCC2)C1CC(C)(C)C1. The van der Waals surface area contributed by atoms with Gasteiger partial charge in [0.1, 0.15) is 0 Å². The summed E-state index contributed by atoms with van der Waals surface area (Å²) >= 11 is 6.20. The number of halogens is 1. The third-order valence-corrected chi connectivity index (χ3v) is 5.00. The predicted molar refractivity (Wildman–Crippen MR) is 87.2 cm³/mol. The highest BCUT2D eigenvalue weighted by Crippen LogP contribution is 2.43. The summed E-state index contributed by atoms with van der Waals surface area (Å²) in [6, 6.07) is 4.14. The van der Waals surface area contributed by atoms with E-state index in [0.29, 0.717) is 16.5 Å². The van der Waals surface area contributed by atoms with Crippen molar-refractivity contribution < 1.29 is 4.79 Å². The fourth-order valence-corrected chi connectivity index (χ4v) is 3.82. The summed E-state index contributed by atoms with van der Waals surface area (Å²) in [6.45, 7) is 5.43. The van der Waals surface area contributed by atoms with Gasteiger partial charge in [0.25, 0.3) is 5.91 Å². The molecule has 1 fully saturated rings. The van der Waals surface area contributed by atoms with E-state index in [1.54, 1.807) is 6.07 Å². The van der Waals surface area contributed by atoms with Crippen LogP contribution in [0.2, 0.25) is 5.02 Å². The van der Waals surface area contributed by atoms with Crippen molar-refractivity contribution in [3.8, 4) is 0 Å². The summed E-state index contributed by atoms with van der Waals surface area (Å²) in [5.41, 5.74) is 3.25. The zero-order chi connectivity index (χ0) is 15.2. The summed E-state index contributed by atoms with van der Waals surface area (Å²) < 4.78 is 0. The first-order valence-corrected chi connectivity index (χ1v) is 8.09. The Kier molecular flexibility index (Phi) is 3.64. The van der Waals surface area contributed by atoms with E-state index in [-0.39, 0.29) is 5.91 Å². The molecule has 0 atom stereocenters. The van der Waals surface area contributed by atoms with Crippen molar-refractivity contribution in [2.45, 2.75) is 45.6 Å². The van der Waals surface area contributed by atoms with Crippen LogP contribution in [0.4, 0.5) is 5.69 Å². The van der Waals surface area contributed by atoms with Crippen molar-refractivity contribution in [2.24, 2.45) is 5.41 Å². The maximum Gasteiger partial charge on any atom is 0.256 e. The van der Waals surface area contributed by atoms with Gasteiger partial charge in [0, 0.05) is 24.7 Å². The van der Waals surface area contributed by atoms with E-state index < -0.39 is 0 Å². The highest BCUT2D eigenvalue weighted by molar-refractivity contribution is 6.31. The first-order chi connectivity index (χ1) is 9.87. The Labute approximate surface area is 131 Å². The fraction of sp³-hybridized carbons (Fsp3) is 0.588. The number of nitrogens with one attached hydrogen (secondary N) is 1. The summed E-state index contributed by atoms with van der Waals surface area (Å²) in [5, 5.41) is 4.03. The van der Waals surface area contributed by atoms with Gasteiger partial charge < -0.3 is 10.2 Å². The minimum atomic E-state index is 0.0867. The lowest BCUT2D eigenvalue weighted by Gasteiger charge is -2.47. The van der Waals surface area contributed by atoms with Crippen LogP contribution in [-0.2, 0) is 6.42 Å². The summed E-state index contributed by atoms with van der Waals surface area (Å²) in [5.74, 6) is 0.0867. The first kappa shape index (κ1) is 14.7. The summed E-state index contributed by atoms with van der Waals surface area (Å²) in [4.78, 5) is 14.7. The number of rotatable bonds is 2. The Morgan fingerprint density at radius 2 is 2.10 bits per heavy atom. The maximum absolute atomic E-state index is 12.8. The van der Waals surface area contributed by atoms with Gasteiger partial charge in [-0.05, 0) is 48.8 Å². The number of anilines is 1. The topological polar surface area (TPSA) is 32.3 Å². The van der Waals surface area contributed by atoms with Crippen LogP contribution in [0.5, 0.6) is 0 Å². The lowest BCUT2D eigenvalue weighted by atomic mass is 9.68. The zero-order valence-electron chi connectivity index (χ0n) is 13.0. The van der Waals surface area contributed by atoms with Gasteiger partial charge in [-0.15, -0.1) is 0 Å². The van der Waals surface area contributed by atoms with Crippen LogP contribution in [0, 0.1) is 5.41 Å². The molecule has 1 aliphatic heterocycles. The molecule has 0 bridgehead atoms. The molecule has 3 rings (SSSR count). The van der Waals surface area contributed by atoms with Crippen LogP contribution in [-0.4, -0.2) is 30.4 Å². The van der Waals surface area contributed by atoms with E-state index in [4.69, 9.17) is 11.6 Å². The van der Waals surface area contributed by atoms with Crippen LogP contribution in [0.3, 0.4) is 0 Å². The number of carbonyl (C=O) groups excluding carboxylic acids is 1. The van der Waals surface area contributed by atoms with Crippen LogP contribution in [0.1, 0.15) is 49.0 Å². The fourth-order valence-electron chi connectivity index (χ4n) is 3.58. The van der Waals surface area contributed by atoms with Gasteiger partial charge in [0.05, 0.1) is 11.3 Å². The van der Waals surface area contributed by atoms with Crippen molar-refractivity contribution in [3.05, 3.63) is 28.3 Å². The van der Waals surface area contributed by atoms with Gasteiger partial charge in [0.15, 0.2) is 0 Å². The molecule has 1 saturated carbocycles. The number of amides is 1. The second kappa shape index (κ2) is 5.20. The molecule has 1 heterocycles. The van der Waals surface area contributed by atoms with Gasteiger partial charge in [-0.1, -0.05) is 25.4 Å². The quantitative estimate of drug-likeness (QED) is 0.897. The van der Waals surface area contributed by atoms with Gasteiger partial charge in [-0.3, -0.25) is 4.79 Å². The minimum absolute atomic E-state index is 0.0867. The third-order valence-electron chi connectivity index (χ3n) is 4.78. The molecule has 0 unspecified atom stereocenters.